The first-order chi connectivity index (χ1) is 23.8. The van der Waals surface area contributed by atoms with Crippen LogP contribution in [0.4, 0.5) is 0 Å². The molecule has 0 spiro atoms. The highest BCUT2D eigenvalue weighted by molar-refractivity contribution is 6.13. The summed E-state index contributed by atoms with van der Waals surface area (Å²) in [6.45, 7) is 13.2. The van der Waals surface area contributed by atoms with E-state index in [1.807, 2.05) is 27.7 Å². The van der Waals surface area contributed by atoms with E-state index in [-0.39, 0.29) is 60.4 Å². The van der Waals surface area contributed by atoms with Crippen molar-refractivity contribution in [3.05, 3.63) is 35.2 Å². The van der Waals surface area contributed by atoms with Crippen LogP contribution in [0.5, 0.6) is 0 Å². The summed E-state index contributed by atoms with van der Waals surface area (Å²) in [5.41, 5.74) is -0.408. The normalized spacial score (nSPS) is 34.1. The Kier molecular flexibility index (Phi) is 8.74. The molecule has 0 aromatic rings. The van der Waals surface area contributed by atoms with Gasteiger partial charge in [-0.05, 0) is 37.0 Å². The van der Waals surface area contributed by atoms with Crippen molar-refractivity contribution >= 4 is 35.4 Å². The molecule has 7 aliphatic rings. The smallest absolute Gasteiger partial charge is 0.253 e. The molecule has 12 nitrogen and oxygen atoms in total. The lowest BCUT2D eigenvalue weighted by molar-refractivity contribution is -0.144. The number of carbonyl (C=O) groups is 6. The first-order valence-corrected chi connectivity index (χ1v) is 18.5. The van der Waals surface area contributed by atoms with Gasteiger partial charge in [-0.25, -0.2) is 0 Å². The van der Waals surface area contributed by atoms with Crippen molar-refractivity contribution in [1.82, 2.24) is 14.7 Å². The summed E-state index contributed by atoms with van der Waals surface area (Å²) in [6.07, 6.45) is 7.29. The Hall–Kier alpha value is -3.96. The highest BCUT2D eigenvalue weighted by atomic mass is 16.6. The van der Waals surface area contributed by atoms with E-state index in [9.17, 15) is 28.8 Å². The molecule has 0 saturated carbocycles. The Morgan fingerprint density at radius 1 is 0.740 bits per heavy atom. The number of rotatable bonds is 15. The van der Waals surface area contributed by atoms with E-state index in [1.54, 1.807) is 0 Å². The molecule has 4 saturated heterocycles. The van der Waals surface area contributed by atoms with Crippen LogP contribution in [0.2, 0.25) is 0 Å². The van der Waals surface area contributed by atoms with Crippen LogP contribution in [0.1, 0.15) is 86.5 Å². The van der Waals surface area contributed by atoms with Gasteiger partial charge in [0, 0.05) is 31.8 Å². The van der Waals surface area contributed by atoms with Crippen molar-refractivity contribution in [2.45, 2.75) is 98.7 Å². The summed E-state index contributed by atoms with van der Waals surface area (Å²) in [4.78, 5) is 82.8. The number of ether oxygens (including phenoxy) is 3. The fraction of sp³-hybridized carbons (Fsp3) is 0.684. The summed E-state index contributed by atoms with van der Waals surface area (Å²) in [5, 5.41) is 0. The molecule has 0 N–H and O–H groups in total. The zero-order valence-electron chi connectivity index (χ0n) is 29.9. The Morgan fingerprint density at radius 2 is 1.26 bits per heavy atom. The van der Waals surface area contributed by atoms with Gasteiger partial charge in [0.15, 0.2) is 0 Å². The van der Waals surface area contributed by atoms with Gasteiger partial charge < -0.3 is 14.2 Å². The monoisotopic (exact) mass is 691 g/mol. The third-order valence-corrected chi connectivity index (χ3v) is 12.7. The first-order valence-electron chi connectivity index (χ1n) is 18.5. The molecule has 0 aliphatic carbocycles. The lowest BCUT2D eigenvalue weighted by Gasteiger charge is -2.33. The Balaban J connectivity index is 1.04. The molecule has 10 unspecified atom stereocenters. The number of hydrogen-bond donors (Lipinski definition) is 0. The van der Waals surface area contributed by atoms with Crippen LogP contribution in [0.15, 0.2) is 35.2 Å². The highest BCUT2D eigenvalue weighted by Crippen LogP contribution is 2.58. The standard InChI is InChI=1S/C38H49N3O9/c1-7-19(3)12-9-10-16-40-34(44)24-26(35(40)45)32-30(20(4)28(24)48-32)50-31-21(5)29-25-27(33(31)49-29)37(47)41(36(25)46)18-38(6,8-2)15-11-17-39-22(42)13-14-23(39)43/h13-14,19-21,24-29H,7-12,15-18H2,1-6H3. The van der Waals surface area contributed by atoms with Crippen LogP contribution < -0.4 is 0 Å². The van der Waals surface area contributed by atoms with Crippen LogP contribution in [0.3, 0.4) is 0 Å². The summed E-state index contributed by atoms with van der Waals surface area (Å²) in [5.74, 6) is -2.42. The first kappa shape index (κ1) is 34.5. The molecule has 7 aliphatic heterocycles. The second-order valence-electron chi connectivity index (χ2n) is 15.8. The minimum absolute atomic E-state index is 0.166. The van der Waals surface area contributed by atoms with E-state index >= 15 is 0 Å². The van der Waals surface area contributed by atoms with Crippen molar-refractivity contribution in [1.29, 1.82) is 0 Å². The number of unbranched alkanes of at least 4 members (excludes halogenated alkanes) is 1. The van der Waals surface area contributed by atoms with E-state index in [4.69, 9.17) is 14.2 Å². The van der Waals surface area contributed by atoms with Crippen molar-refractivity contribution in [3.8, 4) is 0 Å². The zero-order valence-corrected chi connectivity index (χ0v) is 29.9. The quantitative estimate of drug-likeness (QED) is 0.184. The third-order valence-electron chi connectivity index (χ3n) is 12.7. The number of carbonyl (C=O) groups excluding carboxylic acids is 6. The molecule has 4 fully saturated rings. The molecule has 4 bridgehead atoms. The van der Waals surface area contributed by atoms with E-state index in [0.29, 0.717) is 54.8 Å². The van der Waals surface area contributed by atoms with Crippen LogP contribution in [0, 0.1) is 46.8 Å². The van der Waals surface area contributed by atoms with Gasteiger partial charge in [0.1, 0.15) is 47.1 Å². The molecule has 10 atom stereocenters. The Labute approximate surface area is 293 Å². The van der Waals surface area contributed by atoms with Gasteiger partial charge in [-0.3, -0.25) is 43.5 Å². The average Bonchev–Trinajstić information content (AvgIpc) is 3.95. The second-order valence-corrected chi connectivity index (χ2v) is 15.8. The maximum Gasteiger partial charge on any atom is 0.253 e. The van der Waals surface area contributed by atoms with Crippen molar-refractivity contribution in [2.75, 3.05) is 19.6 Å². The number of likely N-dealkylation sites (tertiary alicyclic amines) is 2. The largest absolute Gasteiger partial charge is 0.489 e. The third kappa shape index (κ3) is 5.22. The number of hydrogen-bond acceptors (Lipinski definition) is 9. The SMILES string of the molecule is CCC(C)CCCCN1C(=O)C2C3=C(OC4=C5OC(C4C)C4C(=O)N(CC(C)(CC)CCCN6C(=O)C=CC6=O)C(=O)C54)C(C)C(O3)C2C1=O. The fourth-order valence-electron chi connectivity index (χ4n) is 9.11. The zero-order chi connectivity index (χ0) is 35.8. The van der Waals surface area contributed by atoms with E-state index in [2.05, 4.69) is 13.8 Å². The topological polar surface area (TPSA) is 140 Å². The summed E-state index contributed by atoms with van der Waals surface area (Å²) < 4.78 is 19.0. The predicted molar refractivity (Wildman–Crippen MR) is 177 cm³/mol. The van der Waals surface area contributed by atoms with E-state index in [1.165, 1.54) is 26.9 Å². The minimum Gasteiger partial charge on any atom is -0.489 e. The van der Waals surface area contributed by atoms with Gasteiger partial charge in [0.05, 0.1) is 23.7 Å². The summed E-state index contributed by atoms with van der Waals surface area (Å²) >= 11 is 0. The summed E-state index contributed by atoms with van der Waals surface area (Å²) in [6, 6.07) is 0. The Morgan fingerprint density at radius 3 is 1.80 bits per heavy atom. The van der Waals surface area contributed by atoms with Gasteiger partial charge in [-0.15, -0.1) is 0 Å². The van der Waals surface area contributed by atoms with E-state index < -0.39 is 41.3 Å². The molecule has 0 aromatic heterocycles. The van der Waals surface area contributed by atoms with Crippen LogP contribution in [-0.2, 0) is 43.0 Å². The molecular formula is C38H49N3O9. The molecule has 7 heterocycles. The number of fused-ring (bicyclic) bond motifs is 10. The average molecular weight is 692 g/mol. The molecule has 0 aromatic carbocycles. The van der Waals surface area contributed by atoms with Gasteiger partial charge >= 0.3 is 0 Å². The Bertz CT molecular complexity index is 1610. The summed E-state index contributed by atoms with van der Waals surface area (Å²) in [7, 11) is 0. The molecule has 7 rings (SSSR count). The predicted octanol–water partition coefficient (Wildman–Crippen LogP) is 4.06. The number of amides is 6. The van der Waals surface area contributed by atoms with Gasteiger partial charge in [-0.2, -0.15) is 0 Å². The maximum atomic E-state index is 14.0. The maximum absolute atomic E-state index is 14.0. The molecule has 12 heteroatoms. The molecule has 6 amide bonds. The number of nitrogens with zero attached hydrogens (tertiary/aromatic N) is 3. The molecular weight excluding hydrogens is 642 g/mol. The highest BCUT2D eigenvalue weighted by Gasteiger charge is 2.68. The van der Waals surface area contributed by atoms with Gasteiger partial charge in [0.25, 0.3) is 11.8 Å². The van der Waals surface area contributed by atoms with Crippen molar-refractivity contribution in [3.63, 3.8) is 0 Å². The van der Waals surface area contributed by atoms with Crippen LogP contribution in [-0.4, -0.2) is 82.0 Å². The lowest BCUT2D eigenvalue weighted by atomic mass is 9.78. The van der Waals surface area contributed by atoms with Crippen LogP contribution >= 0.6 is 0 Å². The lowest BCUT2D eigenvalue weighted by Crippen LogP contribution is -2.42. The van der Waals surface area contributed by atoms with Gasteiger partial charge in [0.2, 0.25) is 23.6 Å². The second kappa shape index (κ2) is 12.7. The van der Waals surface area contributed by atoms with Crippen molar-refractivity contribution < 1.29 is 43.0 Å². The van der Waals surface area contributed by atoms with Gasteiger partial charge in [-0.1, -0.05) is 60.8 Å². The molecule has 50 heavy (non-hydrogen) atoms. The number of imide groups is 3. The molecule has 270 valence electrons. The van der Waals surface area contributed by atoms with Crippen molar-refractivity contribution in [2.24, 2.45) is 46.8 Å². The van der Waals surface area contributed by atoms with Crippen LogP contribution in [0.25, 0.3) is 0 Å². The molecule has 0 radical (unpaired) electrons. The fourth-order valence-corrected chi connectivity index (χ4v) is 9.11. The minimum atomic E-state index is -0.778. The van der Waals surface area contributed by atoms with E-state index in [0.717, 1.165) is 25.7 Å².